The van der Waals surface area contributed by atoms with Gasteiger partial charge in [0.15, 0.2) is 0 Å². The molecule has 1 aliphatic heterocycles. The largest absolute Gasteiger partial charge is 0.427 e. The summed E-state index contributed by atoms with van der Waals surface area (Å²) in [5, 5.41) is 0. The fraction of sp³-hybridized carbons (Fsp3) is 1.00. The van der Waals surface area contributed by atoms with Crippen LogP contribution in [0.4, 0.5) is 0 Å². The highest BCUT2D eigenvalue weighted by Crippen LogP contribution is 2.28. The second-order valence-corrected chi connectivity index (χ2v) is 9.17. The number of unbranched alkanes of at least 4 members (excludes halogenated alkanes) is 7. The average molecular weight is 302 g/mol. The van der Waals surface area contributed by atoms with E-state index in [1.54, 1.807) is 0 Å². The van der Waals surface area contributed by atoms with Crippen LogP contribution in [0.2, 0.25) is 6.04 Å². The van der Waals surface area contributed by atoms with Crippen LogP contribution >= 0.6 is 0 Å². The van der Waals surface area contributed by atoms with Gasteiger partial charge in [-0.05, 0) is 32.9 Å². The molecule has 0 radical (unpaired) electrons. The SMILES string of the molecule is CCCCCCCCCCN1CCC[Si]1(OC)OCC. The highest BCUT2D eigenvalue weighted by atomic mass is 28.4. The van der Waals surface area contributed by atoms with E-state index in [1.807, 2.05) is 7.11 Å². The molecule has 0 aromatic carbocycles. The molecule has 0 aromatic heterocycles. The maximum atomic E-state index is 6.02. The van der Waals surface area contributed by atoms with Gasteiger partial charge < -0.3 is 8.85 Å². The lowest BCUT2D eigenvalue weighted by atomic mass is 10.1. The Morgan fingerprint density at radius 1 is 0.950 bits per heavy atom. The van der Waals surface area contributed by atoms with Gasteiger partial charge in [0, 0.05) is 19.8 Å². The summed E-state index contributed by atoms with van der Waals surface area (Å²) in [5.74, 6) is 0. The minimum atomic E-state index is -1.99. The van der Waals surface area contributed by atoms with Gasteiger partial charge in [-0.1, -0.05) is 51.9 Å². The normalized spacial score (nSPS) is 23.6. The highest BCUT2D eigenvalue weighted by molar-refractivity contribution is 6.65. The molecule has 1 unspecified atom stereocenters. The van der Waals surface area contributed by atoms with Crippen LogP contribution in [0.5, 0.6) is 0 Å². The molecule has 20 heavy (non-hydrogen) atoms. The lowest BCUT2D eigenvalue weighted by Gasteiger charge is -2.33. The molecule has 0 aliphatic carbocycles. The smallest absolute Gasteiger partial charge is 0.386 e. The van der Waals surface area contributed by atoms with Crippen LogP contribution in [-0.2, 0) is 8.85 Å². The third-order valence-electron chi connectivity index (χ3n) is 4.37. The molecule has 1 aliphatic rings. The minimum absolute atomic E-state index is 0.786. The Bertz CT molecular complexity index is 241. The minimum Gasteiger partial charge on any atom is -0.386 e. The molecule has 0 N–H and O–H groups in total. The quantitative estimate of drug-likeness (QED) is 0.392. The van der Waals surface area contributed by atoms with E-state index in [2.05, 4.69) is 18.4 Å². The Morgan fingerprint density at radius 3 is 2.20 bits per heavy atom. The molecular formula is C16H35NO2Si. The van der Waals surface area contributed by atoms with E-state index in [0.29, 0.717) is 0 Å². The van der Waals surface area contributed by atoms with Gasteiger partial charge in [0.05, 0.1) is 0 Å². The van der Waals surface area contributed by atoms with E-state index < -0.39 is 8.72 Å². The number of hydrogen-bond acceptors (Lipinski definition) is 3. The van der Waals surface area contributed by atoms with E-state index >= 15 is 0 Å². The number of nitrogens with zero attached hydrogens (tertiary/aromatic N) is 1. The molecule has 1 saturated heterocycles. The molecule has 0 aromatic rings. The van der Waals surface area contributed by atoms with Crippen LogP contribution < -0.4 is 0 Å². The van der Waals surface area contributed by atoms with Gasteiger partial charge >= 0.3 is 8.72 Å². The van der Waals surface area contributed by atoms with E-state index in [0.717, 1.165) is 12.7 Å². The lowest BCUT2D eigenvalue weighted by molar-refractivity contribution is 0.156. The van der Waals surface area contributed by atoms with Gasteiger partial charge in [0.2, 0.25) is 0 Å². The van der Waals surface area contributed by atoms with Gasteiger partial charge in [-0.25, -0.2) is 0 Å². The van der Waals surface area contributed by atoms with Crippen molar-refractivity contribution in [2.45, 2.75) is 77.7 Å². The molecule has 0 saturated carbocycles. The molecule has 1 heterocycles. The third kappa shape index (κ3) is 5.84. The van der Waals surface area contributed by atoms with Crippen molar-refractivity contribution in [1.82, 2.24) is 4.57 Å². The third-order valence-corrected chi connectivity index (χ3v) is 8.15. The summed E-state index contributed by atoms with van der Waals surface area (Å²) in [6.07, 6.45) is 12.3. The Labute approximate surface area is 127 Å². The summed E-state index contributed by atoms with van der Waals surface area (Å²) in [6.45, 7) is 7.50. The Hall–Kier alpha value is 0.0969. The molecule has 0 bridgehead atoms. The van der Waals surface area contributed by atoms with Crippen molar-refractivity contribution in [1.29, 1.82) is 0 Å². The molecule has 0 amide bonds. The molecule has 1 atom stereocenters. The van der Waals surface area contributed by atoms with Gasteiger partial charge in [0.25, 0.3) is 0 Å². The number of rotatable bonds is 12. The predicted octanol–water partition coefficient (Wildman–Crippen LogP) is 4.45. The van der Waals surface area contributed by atoms with Crippen LogP contribution in [0.15, 0.2) is 0 Å². The first-order valence-corrected chi connectivity index (χ1v) is 10.7. The zero-order valence-electron chi connectivity index (χ0n) is 14.0. The first-order chi connectivity index (χ1) is 9.79. The van der Waals surface area contributed by atoms with Crippen LogP contribution in [-0.4, -0.2) is 40.1 Å². The molecule has 120 valence electrons. The lowest BCUT2D eigenvalue weighted by Crippen LogP contribution is -2.54. The van der Waals surface area contributed by atoms with Crippen LogP contribution in [0.25, 0.3) is 0 Å². The monoisotopic (exact) mass is 301 g/mol. The zero-order chi connectivity index (χ0) is 14.7. The standard InChI is InChI=1S/C16H35NO2Si/c1-4-6-7-8-9-10-11-12-14-17-15-13-16-20(17,18-3)19-5-2/h4-16H2,1-3H3. The second kappa shape index (κ2) is 10.8. The first kappa shape index (κ1) is 18.1. The van der Waals surface area contributed by atoms with Crippen molar-refractivity contribution in [2.24, 2.45) is 0 Å². The van der Waals surface area contributed by atoms with Gasteiger partial charge in [-0.3, -0.25) is 4.57 Å². The molecule has 1 fully saturated rings. The van der Waals surface area contributed by atoms with Gasteiger partial charge in [-0.2, -0.15) is 0 Å². The highest BCUT2D eigenvalue weighted by Gasteiger charge is 2.47. The first-order valence-electron chi connectivity index (χ1n) is 8.73. The molecule has 3 nitrogen and oxygen atoms in total. The molecule has 1 rings (SSSR count). The van der Waals surface area contributed by atoms with Crippen LogP contribution in [0, 0.1) is 0 Å². The molecular weight excluding hydrogens is 266 g/mol. The summed E-state index contributed by atoms with van der Waals surface area (Å²) in [7, 11) is -0.147. The maximum Gasteiger partial charge on any atom is 0.427 e. The van der Waals surface area contributed by atoms with E-state index in [4.69, 9.17) is 8.85 Å². The summed E-state index contributed by atoms with van der Waals surface area (Å²) in [4.78, 5) is 0. The van der Waals surface area contributed by atoms with Crippen molar-refractivity contribution in [2.75, 3.05) is 26.8 Å². The zero-order valence-corrected chi connectivity index (χ0v) is 15.0. The van der Waals surface area contributed by atoms with Crippen LogP contribution in [0.1, 0.15) is 71.6 Å². The summed E-state index contributed by atoms with van der Waals surface area (Å²) in [5.41, 5.74) is 0. The van der Waals surface area contributed by atoms with Crippen molar-refractivity contribution in [3.05, 3.63) is 0 Å². The topological polar surface area (TPSA) is 21.7 Å². The fourth-order valence-electron chi connectivity index (χ4n) is 3.22. The predicted molar refractivity (Wildman–Crippen MR) is 88.0 cm³/mol. The summed E-state index contributed by atoms with van der Waals surface area (Å²) < 4.78 is 14.4. The van der Waals surface area contributed by atoms with Gasteiger partial charge in [0.1, 0.15) is 0 Å². The van der Waals surface area contributed by atoms with Crippen molar-refractivity contribution >= 4 is 8.72 Å². The van der Waals surface area contributed by atoms with E-state index in [1.165, 1.54) is 70.9 Å². The van der Waals surface area contributed by atoms with Crippen LogP contribution in [0.3, 0.4) is 0 Å². The second-order valence-electron chi connectivity index (χ2n) is 5.92. The van der Waals surface area contributed by atoms with Gasteiger partial charge in [-0.15, -0.1) is 0 Å². The molecule has 0 spiro atoms. The Morgan fingerprint density at radius 2 is 1.60 bits per heavy atom. The maximum absolute atomic E-state index is 6.02. The van der Waals surface area contributed by atoms with Crippen molar-refractivity contribution in [3.63, 3.8) is 0 Å². The fourth-order valence-corrected chi connectivity index (χ4v) is 6.50. The molecule has 4 heteroatoms. The van der Waals surface area contributed by atoms with E-state index in [9.17, 15) is 0 Å². The van der Waals surface area contributed by atoms with Crippen molar-refractivity contribution < 1.29 is 8.85 Å². The summed E-state index contributed by atoms with van der Waals surface area (Å²) >= 11 is 0. The average Bonchev–Trinajstić information content (AvgIpc) is 2.86. The summed E-state index contributed by atoms with van der Waals surface area (Å²) in [6, 6.07) is 1.15. The Balaban J connectivity index is 2.11. The van der Waals surface area contributed by atoms with E-state index in [-0.39, 0.29) is 0 Å². The Kier molecular flexibility index (Phi) is 9.77. The van der Waals surface area contributed by atoms with Crippen molar-refractivity contribution in [3.8, 4) is 0 Å². The number of hydrogen-bond donors (Lipinski definition) is 0.